The van der Waals surface area contributed by atoms with E-state index in [2.05, 4.69) is 64.8 Å². The molecule has 0 aromatic carbocycles. The first-order chi connectivity index (χ1) is 35.9. The molecule has 2 heterocycles. The van der Waals surface area contributed by atoms with E-state index in [-0.39, 0.29) is 31.5 Å². The smallest absolute Gasteiger partial charge is 0.462 e. The maximum atomic E-state index is 12.9. The highest BCUT2D eigenvalue weighted by molar-refractivity contribution is 7.61. The van der Waals surface area contributed by atoms with Crippen LogP contribution in [0.25, 0.3) is 0 Å². The van der Waals surface area contributed by atoms with E-state index in [4.69, 9.17) is 29.0 Å². The van der Waals surface area contributed by atoms with Crippen LogP contribution in [-0.2, 0) is 46.3 Å². The van der Waals surface area contributed by atoms with Crippen LogP contribution >= 0.6 is 15.6 Å². The number of rotatable bonds is 39. The fraction of sp³-hybridized carbons (Fsp3) is 0.538. The molecule has 420 valence electrons. The SMILES string of the molecule is CC/C=C\C/C=C\C/C=C\C/C=C\CCCCCCC(=O)OC[C@H](COP(=O)(O)OP(=O)(O)OC[C@H]1O[C@@H](n2ccc(N)nc2=O)[C@H](O)[C@@H]1O)OC(=O)CCC[C@@H](O)[C@H](O)\C=C/C=C\C=C\C=C\[C@@H](O)C/C=C\CC. The van der Waals surface area contributed by atoms with E-state index in [9.17, 15) is 58.8 Å². The van der Waals surface area contributed by atoms with Crippen molar-refractivity contribution in [3.63, 3.8) is 0 Å². The number of phosphoric acid groups is 2. The minimum Gasteiger partial charge on any atom is -0.462 e. The van der Waals surface area contributed by atoms with Gasteiger partial charge in [-0.1, -0.05) is 136 Å². The number of nitrogen functional groups attached to an aromatic ring is 1. The molecular formula is C52H79N3O18P2. The second-order valence-electron chi connectivity index (χ2n) is 17.1. The molecule has 0 amide bonds. The minimum absolute atomic E-state index is 0.0168. The standard InChI is InChI=1S/C52H79N3O18P2/c1-3-5-7-8-9-10-11-12-13-14-15-16-17-18-19-24-28-34-47(59)68-38-42(71-48(60)35-29-33-44(58)43(57)32-27-23-21-20-22-26-31-41(56)30-25-6-4-2)39-69-74(64,65)73-75(66,67)70-40-45-49(61)50(62)51(72-45)55-37-36-46(53)54-52(55)63/h5-7,9-10,12-13,15-16,20-23,25-27,31-32,36-37,41-45,49-51,56-58,61-62H,3-4,8,11,14,17-19,24,28-30,33-35,38-40H2,1-2H3,(H,64,65)(H,66,67)(H2,53,54,63)/b7-5-,10-9-,13-12-,16-15-,22-20+,23-21-,25-6-,31-26+,32-27-/t41-,42+,43+,44+,45+,49+,50+,51+/m0/s1. The van der Waals surface area contributed by atoms with Crippen LogP contribution in [0.2, 0.25) is 0 Å². The summed E-state index contributed by atoms with van der Waals surface area (Å²) in [6.07, 6.45) is 32.4. The van der Waals surface area contributed by atoms with Gasteiger partial charge in [-0.2, -0.15) is 9.29 Å². The van der Waals surface area contributed by atoms with Crippen LogP contribution in [0.15, 0.2) is 126 Å². The average Bonchev–Trinajstić information content (AvgIpc) is 3.64. The normalized spacial score (nSPS) is 21.0. The molecule has 1 aliphatic rings. The van der Waals surface area contributed by atoms with E-state index in [0.29, 0.717) is 12.8 Å². The summed E-state index contributed by atoms with van der Waals surface area (Å²) in [6, 6.07) is 1.22. The number of unbranched alkanes of at least 4 members (excludes halogenated alkanes) is 4. The van der Waals surface area contributed by atoms with E-state index in [1.165, 1.54) is 18.2 Å². The number of aliphatic hydroxyl groups excluding tert-OH is 5. The summed E-state index contributed by atoms with van der Waals surface area (Å²) in [5.74, 6) is -1.70. The van der Waals surface area contributed by atoms with Crippen LogP contribution in [0.4, 0.5) is 5.82 Å². The number of carbonyl (C=O) groups excluding carboxylic acids is 2. The van der Waals surface area contributed by atoms with Gasteiger partial charge in [0.15, 0.2) is 12.3 Å². The maximum absolute atomic E-state index is 12.9. The number of nitrogens with two attached hydrogens (primary N) is 1. The third-order valence-electron chi connectivity index (χ3n) is 10.7. The Morgan fingerprint density at radius 3 is 2.00 bits per heavy atom. The zero-order valence-electron chi connectivity index (χ0n) is 42.9. The summed E-state index contributed by atoms with van der Waals surface area (Å²) in [4.78, 5) is 62.0. The number of allylic oxidation sites excluding steroid dienone is 15. The van der Waals surface area contributed by atoms with Crippen molar-refractivity contribution in [1.82, 2.24) is 9.55 Å². The Hall–Kier alpha value is -4.70. The summed E-state index contributed by atoms with van der Waals surface area (Å²) in [5, 5.41) is 51.6. The summed E-state index contributed by atoms with van der Waals surface area (Å²) < 4.78 is 56.4. The lowest BCUT2D eigenvalue weighted by atomic mass is 10.1. The summed E-state index contributed by atoms with van der Waals surface area (Å²) >= 11 is 0. The molecule has 0 aliphatic carbocycles. The van der Waals surface area contributed by atoms with Crippen LogP contribution in [0.1, 0.15) is 116 Å². The monoisotopic (exact) mass is 1100 g/mol. The molecule has 1 saturated heterocycles. The highest BCUT2D eigenvalue weighted by Gasteiger charge is 2.46. The highest BCUT2D eigenvalue weighted by atomic mass is 31.3. The number of hydrogen-bond donors (Lipinski definition) is 8. The van der Waals surface area contributed by atoms with Crippen LogP contribution in [0.5, 0.6) is 0 Å². The van der Waals surface area contributed by atoms with Crippen molar-refractivity contribution in [1.29, 1.82) is 0 Å². The molecule has 0 bridgehead atoms. The van der Waals surface area contributed by atoms with Crippen molar-refractivity contribution in [2.45, 2.75) is 159 Å². The Labute approximate surface area is 440 Å². The largest absolute Gasteiger partial charge is 0.481 e. The third kappa shape index (κ3) is 31.2. The van der Waals surface area contributed by atoms with Crippen molar-refractivity contribution >= 4 is 33.4 Å². The molecular weight excluding hydrogens is 1020 g/mol. The number of ether oxygens (including phenoxy) is 3. The summed E-state index contributed by atoms with van der Waals surface area (Å²) in [7, 11) is -11.0. The van der Waals surface area contributed by atoms with Crippen LogP contribution in [-0.4, -0.2) is 119 Å². The van der Waals surface area contributed by atoms with Gasteiger partial charge in [-0.25, -0.2) is 13.9 Å². The van der Waals surface area contributed by atoms with E-state index >= 15 is 0 Å². The molecule has 2 unspecified atom stereocenters. The predicted molar refractivity (Wildman–Crippen MR) is 283 cm³/mol. The first kappa shape index (κ1) is 66.4. The molecule has 21 nitrogen and oxygen atoms in total. The summed E-state index contributed by atoms with van der Waals surface area (Å²) in [5.41, 5.74) is 4.55. The molecule has 75 heavy (non-hydrogen) atoms. The number of hydrogen-bond acceptors (Lipinski definition) is 18. The van der Waals surface area contributed by atoms with Gasteiger partial charge in [0.05, 0.1) is 31.5 Å². The fourth-order valence-electron chi connectivity index (χ4n) is 6.70. The molecule has 1 aromatic heterocycles. The summed E-state index contributed by atoms with van der Waals surface area (Å²) in [6.45, 7) is 1.47. The predicted octanol–water partition coefficient (Wildman–Crippen LogP) is 7.13. The number of anilines is 1. The van der Waals surface area contributed by atoms with E-state index < -0.39 is 102 Å². The lowest BCUT2D eigenvalue weighted by Gasteiger charge is -2.21. The number of phosphoric ester groups is 2. The number of aliphatic hydroxyl groups is 5. The number of nitrogens with zero attached hydrogens (tertiary/aromatic N) is 2. The second-order valence-corrected chi connectivity index (χ2v) is 20.2. The van der Waals surface area contributed by atoms with Crippen molar-refractivity contribution < 1.29 is 81.6 Å². The Bertz CT molecular complexity index is 2240. The molecule has 2 rings (SSSR count). The van der Waals surface area contributed by atoms with E-state index in [1.54, 1.807) is 36.5 Å². The zero-order valence-corrected chi connectivity index (χ0v) is 44.7. The van der Waals surface area contributed by atoms with E-state index in [0.717, 1.165) is 68.6 Å². The van der Waals surface area contributed by atoms with Gasteiger partial charge in [-0.05, 0) is 76.7 Å². The van der Waals surface area contributed by atoms with E-state index in [1.807, 2.05) is 19.1 Å². The second kappa shape index (κ2) is 38.8. The number of carbonyl (C=O) groups is 2. The first-order valence-electron chi connectivity index (χ1n) is 25.2. The molecule has 23 heteroatoms. The lowest BCUT2D eigenvalue weighted by Crippen LogP contribution is -2.36. The van der Waals surface area contributed by atoms with Crippen LogP contribution in [0.3, 0.4) is 0 Å². The molecule has 10 atom stereocenters. The number of aromatic nitrogens is 2. The average molecular weight is 1100 g/mol. The number of esters is 2. The topological polar surface area (TPSA) is 326 Å². The van der Waals surface area contributed by atoms with Gasteiger partial charge in [-0.15, -0.1) is 0 Å². The Morgan fingerprint density at radius 1 is 0.747 bits per heavy atom. The lowest BCUT2D eigenvalue weighted by molar-refractivity contribution is -0.161. The first-order valence-corrected chi connectivity index (χ1v) is 28.2. The van der Waals surface area contributed by atoms with Crippen molar-refractivity contribution in [2.24, 2.45) is 0 Å². The van der Waals surface area contributed by atoms with Gasteiger partial charge in [0.2, 0.25) is 0 Å². The van der Waals surface area contributed by atoms with Gasteiger partial charge in [0.1, 0.15) is 30.7 Å². The van der Waals surface area contributed by atoms with Gasteiger partial charge in [0, 0.05) is 19.0 Å². The Kier molecular flexibility index (Phi) is 34.3. The van der Waals surface area contributed by atoms with Crippen molar-refractivity contribution in [3.05, 3.63) is 132 Å². The highest BCUT2D eigenvalue weighted by Crippen LogP contribution is 2.60. The molecule has 9 N–H and O–H groups in total. The Morgan fingerprint density at radius 2 is 1.33 bits per heavy atom. The van der Waals surface area contributed by atoms with Crippen LogP contribution in [0, 0.1) is 0 Å². The van der Waals surface area contributed by atoms with Gasteiger partial charge in [0.25, 0.3) is 0 Å². The van der Waals surface area contributed by atoms with Gasteiger partial charge >= 0.3 is 33.3 Å². The fourth-order valence-corrected chi connectivity index (χ4v) is 8.81. The molecule has 1 aromatic rings. The molecule has 1 fully saturated rings. The zero-order chi connectivity index (χ0) is 55.3. The Balaban J connectivity index is 1.91. The van der Waals surface area contributed by atoms with Crippen LogP contribution < -0.4 is 11.4 Å². The molecule has 0 spiro atoms. The third-order valence-corrected chi connectivity index (χ3v) is 13.3. The van der Waals surface area contributed by atoms with Gasteiger partial charge < -0.3 is 55.3 Å². The minimum atomic E-state index is -5.53. The maximum Gasteiger partial charge on any atom is 0.481 e. The molecule has 1 aliphatic heterocycles. The molecule has 0 saturated carbocycles. The van der Waals surface area contributed by atoms with Crippen molar-refractivity contribution in [3.8, 4) is 0 Å². The van der Waals surface area contributed by atoms with Gasteiger partial charge in [-0.3, -0.25) is 23.2 Å². The quantitative estimate of drug-likeness (QED) is 0.0107. The molecule has 0 radical (unpaired) electrons. The van der Waals surface area contributed by atoms with Crippen molar-refractivity contribution in [2.75, 3.05) is 25.6 Å².